The Kier molecular flexibility index (Phi) is 4.94. The zero-order valence-corrected chi connectivity index (χ0v) is 11.2. The lowest BCUT2D eigenvalue weighted by molar-refractivity contribution is -0.385. The van der Waals surface area contributed by atoms with E-state index in [-0.39, 0.29) is 11.3 Å². The van der Waals surface area contributed by atoms with E-state index in [1.54, 1.807) is 18.2 Å². The van der Waals surface area contributed by atoms with Gasteiger partial charge in [0.1, 0.15) is 11.6 Å². The van der Waals surface area contributed by atoms with E-state index in [9.17, 15) is 18.9 Å². The highest BCUT2D eigenvalue weighted by atomic mass is 19.1. The molecule has 0 unspecified atom stereocenters. The second-order valence-corrected chi connectivity index (χ2v) is 4.55. The molecule has 6 heteroatoms. The smallest absolute Gasteiger partial charge is 0.273 e. The Morgan fingerprint density at radius 1 is 1.10 bits per heavy atom. The quantitative estimate of drug-likeness (QED) is 0.505. The van der Waals surface area contributed by atoms with Crippen LogP contribution in [-0.2, 0) is 13.0 Å². The van der Waals surface area contributed by atoms with Crippen molar-refractivity contribution in [3.63, 3.8) is 0 Å². The lowest BCUT2D eigenvalue weighted by Crippen LogP contribution is -2.18. The van der Waals surface area contributed by atoms with Gasteiger partial charge in [0, 0.05) is 18.2 Å². The lowest BCUT2D eigenvalue weighted by Gasteiger charge is -2.07. The summed E-state index contributed by atoms with van der Waals surface area (Å²) in [6.45, 7) is 0.695. The number of rotatable bonds is 6. The number of hydrogen-bond donors (Lipinski definition) is 1. The van der Waals surface area contributed by atoms with Gasteiger partial charge in [0.15, 0.2) is 0 Å². The van der Waals surface area contributed by atoms with E-state index in [2.05, 4.69) is 5.32 Å². The molecule has 0 aromatic heterocycles. The van der Waals surface area contributed by atoms with Gasteiger partial charge in [-0.05, 0) is 36.7 Å². The van der Waals surface area contributed by atoms with Crippen LogP contribution in [0.15, 0.2) is 42.5 Å². The van der Waals surface area contributed by atoms with Crippen LogP contribution in [0.1, 0.15) is 11.1 Å². The van der Waals surface area contributed by atoms with Gasteiger partial charge in [-0.2, -0.15) is 0 Å². The second-order valence-electron chi connectivity index (χ2n) is 4.55. The molecule has 0 fully saturated rings. The highest BCUT2D eigenvalue weighted by Gasteiger charge is 2.11. The van der Waals surface area contributed by atoms with Crippen molar-refractivity contribution in [2.75, 3.05) is 6.54 Å². The van der Waals surface area contributed by atoms with Crippen LogP contribution in [0, 0.1) is 21.7 Å². The Morgan fingerprint density at radius 3 is 2.62 bits per heavy atom. The third kappa shape index (κ3) is 4.06. The zero-order chi connectivity index (χ0) is 15.2. The molecular weight excluding hydrogens is 278 g/mol. The number of nitro groups is 1. The van der Waals surface area contributed by atoms with E-state index < -0.39 is 16.6 Å². The summed E-state index contributed by atoms with van der Waals surface area (Å²) in [7, 11) is 0. The van der Waals surface area contributed by atoms with Crippen molar-refractivity contribution in [1.82, 2.24) is 5.32 Å². The minimum atomic E-state index is -0.481. The van der Waals surface area contributed by atoms with E-state index in [0.29, 0.717) is 25.1 Å². The largest absolute Gasteiger partial charge is 0.312 e. The average Bonchev–Trinajstić information content (AvgIpc) is 2.47. The van der Waals surface area contributed by atoms with Crippen LogP contribution < -0.4 is 5.32 Å². The fourth-order valence-electron chi connectivity index (χ4n) is 2.02. The summed E-state index contributed by atoms with van der Waals surface area (Å²) in [5.41, 5.74) is 0.884. The molecule has 0 aliphatic carbocycles. The normalized spacial score (nSPS) is 10.6. The van der Waals surface area contributed by atoms with Crippen molar-refractivity contribution in [3.05, 3.63) is 75.3 Å². The van der Waals surface area contributed by atoms with E-state index in [1.807, 2.05) is 0 Å². The maximum atomic E-state index is 13.4. The SMILES string of the molecule is O=[N+]([O-])c1ccccc1CNCCc1cc(F)ccc1F. The lowest BCUT2D eigenvalue weighted by atomic mass is 10.1. The standard InChI is InChI=1S/C15H14F2N2O2/c16-13-5-6-14(17)11(9-13)7-8-18-10-12-3-1-2-4-15(12)19(20)21/h1-6,9,18H,7-8,10H2. The fraction of sp³-hybridized carbons (Fsp3) is 0.200. The van der Waals surface area contributed by atoms with Crippen LogP contribution in [-0.4, -0.2) is 11.5 Å². The maximum Gasteiger partial charge on any atom is 0.273 e. The molecule has 0 aliphatic rings. The fourth-order valence-corrected chi connectivity index (χ4v) is 2.02. The molecule has 1 N–H and O–H groups in total. The molecule has 0 heterocycles. The van der Waals surface area contributed by atoms with Gasteiger partial charge >= 0.3 is 0 Å². The molecule has 2 aromatic carbocycles. The second kappa shape index (κ2) is 6.90. The number of hydrogen-bond acceptors (Lipinski definition) is 3. The Balaban J connectivity index is 1.91. The zero-order valence-electron chi connectivity index (χ0n) is 11.2. The topological polar surface area (TPSA) is 55.2 Å². The van der Waals surface area contributed by atoms with Crippen LogP contribution in [0.5, 0.6) is 0 Å². The Morgan fingerprint density at radius 2 is 1.86 bits per heavy atom. The predicted molar refractivity (Wildman–Crippen MR) is 74.9 cm³/mol. The van der Waals surface area contributed by atoms with Crippen molar-refractivity contribution in [2.45, 2.75) is 13.0 Å². The van der Waals surface area contributed by atoms with E-state index in [4.69, 9.17) is 0 Å². The van der Waals surface area contributed by atoms with Crippen LogP contribution >= 0.6 is 0 Å². The molecule has 2 rings (SSSR count). The van der Waals surface area contributed by atoms with E-state index >= 15 is 0 Å². The number of nitrogens with zero attached hydrogens (tertiary/aromatic N) is 1. The van der Waals surface area contributed by atoms with Crippen LogP contribution in [0.4, 0.5) is 14.5 Å². The summed E-state index contributed by atoms with van der Waals surface area (Å²) >= 11 is 0. The van der Waals surface area contributed by atoms with Gasteiger partial charge in [-0.25, -0.2) is 8.78 Å². The molecule has 0 amide bonds. The highest BCUT2D eigenvalue weighted by Crippen LogP contribution is 2.17. The first kappa shape index (κ1) is 15.1. The van der Waals surface area contributed by atoms with Gasteiger partial charge in [-0.3, -0.25) is 10.1 Å². The van der Waals surface area contributed by atoms with Gasteiger partial charge in [-0.1, -0.05) is 18.2 Å². The van der Waals surface area contributed by atoms with Gasteiger partial charge in [0.05, 0.1) is 4.92 Å². The van der Waals surface area contributed by atoms with Gasteiger partial charge in [0.25, 0.3) is 5.69 Å². The number of nitrogens with one attached hydrogen (secondary N) is 1. The summed E-state index contributed by atoms with van der Waals surface area (Å²) < 4.78 is 26.4. The molecule has 0 aliphatic heterocycles. The first-order valence-corrected chi connectivity index (χ1v) is 6.45. The molecule has 2 aromatic rings. The Labute approximate surface area is 120 Å². The molecule has 4 nitrogen and oxygen atoms in total. The van der Waals surface area contributed by atoms with Crippen molar-refractivity contribution in [2.24, 2.45) is 0 Å². The summed E-state index contributed by atoms with van der Waals surface area (Å²) in [6.07, 6.45) is 0.310. The highest BCUT2D eigenvalue weighted by molar-refractivity contribution is 5.39. The number of benzene rings is 2. The number of nitro benzene ring substituents is 1. The minimum absolute atomic E-state index is 0.0435. The average molecular weight is 292 g/mol. The van der Waals surface area contributed by atoms with Gasteiger partial charge < -0.3 is 5.32 Å². The first-order valence-electron chi connectivity index (χ1n) is 6.45. The summed E-state index contributed by atoms with van der Waals surface area (Å²) in [5, 5.41) is 13.8. The molecule has 21 heavy (non-hydrogen) atoms. The maximum absolute atomic E-state index is 13.4. The molecule has 0 spiro atoms. The number of para-hydroxylation sites is 1. The predicted octanol–water partition coefficient (Wildman–Crippen LogP) is 3.21. The summed E-state index contributed by atoms with van der Waals surface area (Å²) in [4.78, 5) is 10.4. The monoisotopic (exact) mass is 292 g/mol. The van der Waals surface area contributed by atoms with Crippen LogP contribution in [0.3, 0.4) is 0 Å². The molecule has 0 radical (unpaired) electrons. The van der Waals surface area contributed by atoms with Crippen molar-refractivity contribution >= 4 is 5.69 Å². The molecule has 0 saturated heterocycles. The van der Waals surface area contributed by atoms with Crippen molar-refractivity contribution in [3.8, 4) is 0 Å². The van der Waals surface area contributed by atoms with Gasteiger partial charge in [-0.15, -0.1) is 0 Å². The summed E-state index contributed by atoms with van der Waals surface area (Å²) in [6, 6.07) is 9.73. The Hall–Kier alpha value is -2.34. The van der Waals surface area contributed by atoms with Crippen molar-refractivity contribution < 1.29 is 13.7 Å². The third-order valence-corrected chi connectivity index (χ3v) is 3.08. The van der Waals surface area contributed by atoms with Crippen LogP contribution in [0.25, 0.3) is 0 Å². The summed E-state index contributed by atoms with van der Waals surface area (Å²) in [5.74, 6) is -0.936. The Bertz CT molecular complexity index is 647. The van der Waals surface area contributed by atoms with E-state index in [0.717, 1.165) is 18.2 Å². The van der Waals surface area contributed by atoms with Crippen molar-refractivity contribution in [1.29, 1.82) is 0 Å². The number of halogens is 2. The molecule has 0 saturated carbocycles. The molecule has 0 atom stereocenters. The molecular formula is C15H14F2N2O2. The molecule has 0 bridgehead atoms. The third-order valence-electron chi connectivity index (χ3n) is 3.08. The van der Waals surface area contributed by atoms with Gasteiger partial charge in [0.2, 0.25) is 0 Å². The molecule has 110 valence electrons. The minimum Gasteiger partial charge on any atom is -0.312 e. The van der Waals surface area contributed by atoms with E-state index in [1.165, 1.54) is 6.07 Å². The van der Waals surface area contributed by atoms with Crippen LogP contribution in [0.2, 0.25) is 0 Å². The first-order chi connectivity index (χ1) is 10.1.